The highest BCUT2D eigenvalue weighted by molar-refractivity contribution is 4.57. The summed E-state index contributed by atoms with van der Waals surface area (Å²) in [5, 5.41) is 0. The molecule has 0 saturated carbocycles. The van der Waals surface area contributed by atoms with E-state index in [1.165, 1.54) is 250 Å². The molecule has 0 aromatic heterocycles. The first-order valence-electron chi connectivity index (χ1n) is 21.3. The fourth-order valence-electron chi connectivity index (χ4n) is 7.11. The molecular weight excluding hydrogens is 516 g/mol. The molecule has 1 atom stereocenters. The molecule has 0 aliphatic rings. The Morgan fingerprint density at radius 3 is 0.512 bits per heavy atom. The molecule has 0 aliphatic heterocycles. The Kier molecular flexibility index (Phi) is 40.0. The Morgan fingerprint density at radius 2 is 0.349 bits per heavy atom. The topological polar surface area (TPSA) is 0 Å². The number of hydrogen-bond donors (Lipinski definition) is 0. The quantitative estimate of drug-likeness (QED) is 0.0612. The van der Waals surface area contributed by atoms with Crippen molar-refractivity contribution in [2.24, 2.45) is 5.92 Å². The summed E-state index contributed by atoms with van der Waals surface area (Å²) in [5.74, 6) is 0.965. The summed E-state index contributed by atoms with van der Waals surface area (Å²) in [5.41, 5.74) is 0. The van der Waals surface area contributed by atoms with Gasteiger partial charge in [0.05, 0.1) is 0 Å². The van der Waals surface area contributed by atoms with Crippen molar-refractivity contribution in [3.8, 4) is 0 Å². The van der Waals surface area contributed by atoms with E-state index in [2.05, 4.69) is 20.8 Å². The lowest BCUT2D eigenvalue weighted by molar-refractivity contribution is 0.429. The molecule has 0 heteroatoms. The predicted octanol–water partition coefficient (Wildman–Crippen LogP) is 16.9. The van der Waals surface area contributed by atoms with Crippen LogP contribution in [0.5, 0.6) is 0 Å². The van der Waals surface area contributed by atoms with E-state index < -0.39 is 0 Å². The molecule has 0 spiro atoms. The third-order valence-corrected chi connectivity index (χ3v) is 10.4. The van der Waals surface area contributed by atoms with Crippen LogP contribution in [-0.2, 0) is 0 Å². The average molecular weight is 605 g/mol. The van der Waals surface area contributed by atoms with Crippen LogP contribution in [0.4, 0.5) is 0 Å². The molecule has 0 N–H and O–H groups in total. The van der Waals surface area contributed by atoms with Gasteiger partial charge in [0.2, 0.25) is 0 Å². The first-order valence-corrected chi connectivity index (χ1v) is 21.3. The maximum atomic E-state index is 2.52. The third kappa shape index (κ3) is 40.0. The summed E-state index contributed by atoms with van der Waals surface area (Å²) in [6, 6.07) is 0. The van der Waals surface area contributed by atoms with Crippen molar-refractivity contribution in [2.45, 2.75) is 271 Å². The molecule has 0 unspecified atom stereocenters. The largest absolute Gasteiger partial charge is 0.0654 e. The van der Waals surface area contributed by atoms with Crippen LogP contribution in [-0.4, -0.2) is 0 Å². The first kappa shape index (κ1) is 43.0. The summed E-state index contributed by atoms with van der Waals surface area (Å²) < 4.78 is 0. The van der Waals surface area contributed by atoms with Gasteiger partial charge in [0.25, 0.3) is 0 Å². The normalized spacial score (nSPS) is 12.3. The van der Waals surface area contributed by atoms with E-state index in [1.807, 2.05) is 0 Å². The van der Waals surface area contributed by atoms with Gasteiger partial charge in [-0.15, -0.1) is 0 Å². The second kappa shape index (κ2) is 40.0. The molecule has 0 radical (unpaired) electrons. The van der Waals surface area contributed by atoms with Crippen LogP contribution in [0.25, 0.3) is 0 Å². The number of unbranched alkanes of at least 4 members (excludes halogenated alkanes) is 35. The fraction of sp³-hybridized carbons (Fsp3) is 1.00. The standard InChI is InChI=1S/C43H88/c1-4-6-8-10-12-14-16-18-20-22-23-24-26-28-30-32-34-36-38-40-42-43(3)41-39-37-35-33-31-29-27-25-21-19-17-15-13-11-9-7-5-2/h43H,4-42H2,1-3H3/t43-/m0/s1. The van der Waals surface area contributed by atoms with Crippen LogP contribution >= 0.6 is 0 Å². The highest BCUT2D eigenvalue weighted by atomic mass is 14.1. The minimum atomic E-state index is 0.965. The molecule has 0 saturated heterocycles. The number of rotatable bonds is 39. The van der Waals surface area contributed by atoms with Crippen molar-refractivity contribution >= 4 is 0 Å². The molecule has 0 aromatic carbocycles. The van der Waals surface area contributed by atoms with Crippen molar-refractivity contribution in [2.75, 3.05) is 0 Å². The van der Waals surface area contributed by atoms with E-state index in [0.29, 0.717) is 0 Å². The molecule has 0 aromatic rings. The van der Waals surface area contributed by atoms with Crippen LogP contribution < -0.4 is 0 Å². The van der Waals surface area contributed by atoms with Crippen molar-refractivity contribution in [3.05, 3.63) is 0 Å². The zero-order chi connectivity index (χ0) is 31.2. The minimum absolute atomic E-state index is 0.965. The van der Waals surface area contributed by atoms with E-state index >= 15 is 0 Å². The zero-order valence-corrected chi connectivity index (χ0v) is 31.2. The van der Waals surface area contributed by atoms with Gasteiger partial charge in [-0.2, -0.15) is 0 Å². The van der Waals surface area contributed by atoms with Gasteiger partial charge in [-0.1, -0.05) is 271 Å². The fourth-order valence-corrected chi connectivity index (χ4v) is 7.11. The third-order valence-electron chi connectivity index (χ3n) is 10.4. The van der Waals surface area contributed by atoms with Gasteiger partial charge in [0.15, 0.2) is 0 Å². The van der Waals surface area contributed by atoms with Crippen molar-refractivity contribution in [1.82, 2.24) is 0 Å². The lowest BCUT2D eigenvalue weighted by atomic mass is 9.95. The van der Waals surface area contributed by atoms with Gasteiger partial charge in [-0.05, 0) is 5.92 Å². The second-order valence-corrected chi connectivity index (χ2v) is 15.1. The molecule has 0 nitrogen and oxygen atoms in total. The van der Waals surface area contributed by atoms with Gasteiger partial charge < -0.3 is 0 Å². The van der Waals surface area contributed by atoms with Crippen LogP contribution in [0.1, 0.15) is 271 Å². The highest BCUT2D eigenvalue weighted by Gasteiger charge is 2.03. The van der Waals surface area contributed by atoms with E-state index in [-0.39, 0.29) is 0 Å². The summed E-state index contributed by atoms with van der Waals surface area (Å²) >= 11 is 0. The smallest absolute Gasteiger partial charge is 0.0443 e. The number of hydrogen-bond acceptors (Lipinski definition) is 0. The monoisotopic (exact) mass is 605 g/mol. The molecule has 260 valence electrons. The van der Waals surface area contributed by atoms with Crippen LogP contribution in [0.3, 0.4) is 0 Å². The average Bonchev–Trinajstić information content (AvgIpc) is 3.01. The summed E-state index contributed by atoms with van der Waals surface area (Å²) in [6.45, 7) is 7.14. The van der Waals surface area contributed by atoms with Gasteiger partial charge in [0, 0.05) is 0 Å². The summed E-state index contributed by atoms with van der Waals surface area (Å²) in [4.78, 5) is 0. The van der Waals surface area contributed by atoms with Crippen LogP contribution in [0.2, 0.25) is 0 Å². The summed E-state index contributed by atoms with van der Waals surface area (Å²) in [7, 11) is 0. The van der Waals surface area contributed by atoms with E-state index in [4.69, 9.17) is 0 Å². The Morgan fingerprint density at radius 1 is 0.209 bits per heavy atom. The molecule has 0 aliphatic carbocycles. The lowest BCUT2D eigenvalue weighted by Crippen LogP contribution is -1.95. The maximum Gasteiger partial charge on any atom is -0.0443 e. The lowest BCUT2D eigenvalue weighted by Gasteiger charge is -2.11. The van der Waals surface area contributed by atoms with Gasteiger partial charge in [-0.3, -0.25) is 0 Å². The highest BCUT2D eigenvalue weighted by Crippen LogP contribution is 2.20. The SMILES string of the molecule is CCCCCCCCCCCCCCCCCCCCCC[C@@H](C)CCCCCCCCCCCCCCCCCCC. The zero-order valence-electron chi connectivity index (χ0n) is 31.2. The first-order chi connectivity index (χ1) is 21.3. The van der Waals surface area contributed by atoms with E-state index in [1.54, 1.807) is 0 Å². The molecule has 0 amide bonds. The molecular formula is C43H88. The van der Waals surface area contributed by atoms with Crippen LogP contribution in [0.15, 0.2) is 0 Å². The van der Waals surface area contributed by atoms with Crippen molar-refractivity contribution in [1.29, 1.82) is 0 Å². The van der Waals surface area contributed by atoms with Crippen molar-refractivity contribution in [3.63, 3.8) is 0 Å². The van der Waals surface area contributed by atoms with E-state index in [0.717, 1.165) is 5.92 Å². The van der Waals surface area contributed by atoms with Gasteiger partial charge in [0.1, 0.15) is 0 Å². The van der Waals surface area contributed by atoms with Crippen molar-refractivity contribution < 1.29 is 0 Å². The van der Waals surface area contributed by atoms with Gasteiger partial charge in [-0.25, -0.2) is 0 Å². The molecule has 0 rings (SSSR count). The molecule has 0 heterocycles. The second-order valence-electron chi connectivity index (χ2n) is 15.1. The van der Waals surface area contributed by atoms with Gasteiger partial charge >= 0.3 is 0 Å². The summed E-state index contributed by atoms with van der Waals surface area (Å²) in [6.07, 6.45) is 57.7. The molecule has 43 heavy (non-hydrogen) atoms. The Balaban J connectivity index is 3.13. The Hall–Kier alpha value is 0. The maximum absolute atomic E-state index is 2.52. The minimum Gasteiger partial charge on any atom is -0.0654 e. The Bertz CT molecular complexity index is 453. The predicted molar refractivity (Wildman–Crippen MR) is 201 cm³/mol. The van der Waals surface area contributed by atoms with Crippen LogP contribution in [0, 0.1) is 5.92 Å². The Labute approximate surface area is 276 Å². The molecule has 0 fully saturated rings. The molecule has 0 bridgehead atoms. The van der Waals surface area contributed by atoms with E-state index in [9.17, 15) is 0 Å².